The van der Waals surface area contributed by atoms with Crippen LogP contribution < -0.4 is 11.1 Å². The van der Waals surface area contributed by atoms with E-state index in [4.69, 9.17) is 5.73 Å². The molecule has 3 heterocycles. The molecule has 1 aliphatic heterocycles. The highest BCUT2D eigenvalue weighted by Crippen LogP contribution is 2.49. The summed E-state index contributed by atoms with van der Waals surface area (Å²) in [7, 11) is 0. The van der Waals surface area contributed by atoms with E-state index in [0.717, 1.165) is 12.8 Å². The van der Waals surface area contributed by atoms with Crippen molar-refractivity contribution in [3.63, 3.8) is 0 Å². The molecule has 0 aromatic carbocycles. The molecule has 0 bridgehead atoms. The Balaban J connectivity index is 1.61. The number of likely N-dealkylation sites (tertiary alicyclic amines) is 1. The van der Waals surface area contributed by atoms with Crippen LogP contribution in [-0.4, -0.2) is 55.9 Å². The van der Waals surface area contributed by atoms with E-state index in [9.17, 15) is 15.2 Å². The number of nitrogens with zero attached hydrogens (tertiary/aromatic N) is 5. The highest BCUT2D eigenvalue weighted by atomic mass is 79.9. The maximum absolute atomic E-state index is 11.9. The van der Waals surface area contributed by atoms with Gasteiger partial charge in [0, 0.05) is 19.1 Å². The van der Waals surface area contributed by atoms with E-state index in [0.29, 0.717) is 29.0 Å². The number of aromatic nitrogens is 3. The number of carbonyl (C=O) groups excluding carboxylic acids is 1. The van der Waals surface area contributed by atoms with E-state index < -0.39 is 17.6 Å². The van der Waals surface area contributed by atoms with Gasteiger partial charge in [-0.3, -0.25) is 9.69 Å². The monoisotopic (exact) mass is 433 g/mol. The highest BCUT2D eigenvalue weighted by molar-refractivity contribution is 9.10. The Bertz CT molecular complexity index is 949. The molecule has 4 rings (SSSR count). The van der Waals surface area contributed by atoms with Crippen LogP contribution in [0.25, 0.3) is 5.65 Å². The smallest absolute Gasteiger partial charge is 0.252 e. The Labute approximate surface area is 164 Å². The van der Waals surface area contributed by atoms with Gasteiger partial charge in [0.1, 0.15) is 10.8 Å². The average molecular weight is 434 g/mol. The summed E-state index contributed by atoms with van der Waals surface area (Å²) in [5.41, 5.74) is 6.18. The van der Waals surface area contributed by atoms with Crippen molar-refractivity contribution in [1.29, 1.82) is 5.26 Å². The van der Waals surface area contributed by atoms with E-state index in [1.54, 1.807) is 10.7 Å². The summed E-state index contributed by atoms with van der Waals surface area (Å²) in [5.74, 6) is -0.392. The van der Waals surface area contributed by atoms with Crippen LogP contribution >= 0.6 is 15.9 Å². The van der Waals surface area contributed by atoms with Gasteiger partial charge in [0.2, 0.25) is 0 Å². The third-order valence-corrected chi connectivity index (χ3v) is 5.93. The van der Waals surface area contributed by atoms with Gasteiger partial charge in [-0.05, 0) is 34.7 Å². The lowest BCUT2D eigenvalue weighted by Crippen LogP contribution is -2.41. The number of hydrogen-bond donors (Lipinski definition) is 3. The Hall–Kier alpha value is -2.22. The second kappa shape index (κ2) is 6.44. The van der Waals surface area contributed by atoms with Gasteiger partial charge in [0.15, 0.2) is 5.65 Å². The van der Waals surface area contributed by atoms with Crippen molar-refractivity contribution in [2.24, 2.45) is 17.1 Å². The van der Waals surface area contributed by atoms with Gasteiger partial charge in [-0.15, -0.1) is 0 Å². The van der Waals surface area contributed by atoms with Gasteiger partial charge in [0.25, 0.3) is 5.91 Å². The third kappa shape index (κ3) is 3.05. The zero-order valence-corrected chi connectivity index (χ0v) is 16.3. The van der Waals surface area contributed by atoms with Gasteiger partial charge < -0.3 is 16.2 Å². The van der Waals surface area contributed by atoms with Gasteiger partial charge in [-0.25, -0.2) is 9.50 Å². The maximum Gasteiger partial charge on any atom is 0.252 e. The predicted octanol–water partition coefficient (Wildman–Crippen LogP) is 0.945. The zero-order chi connectivity index (χ0) is 19.3. The molecule has 2 aromatic heterocycles. The Morgan fingerprint density at radius 1 is 1.56 bits per heavy atom. The van der Waals surface area contributed by atoms with Crippen LogP contribution in [0.2, 0.25) is 0 Å². The molecule has 10 heteroatoms. The number of anilines is 1. The van der Waals surface area contributed by atoms with Crippen molar-refractivity contribution in [1.82, 2.24) is 19.5 Å². The van der Waals surface area contributed by atoms with Crippen molar-refractivity contribution in [2.45, 2.75) is 32.0 Å². The quantitative estimate of drug-likeness (QED) is 0.638. The first-order chi connectivity index (χ1) is 12.8. The van der Waals surface area contributed by atoms with Crippen molar-refractivity contribution in [2.75, 3.05) is 18.4 Å². The van der Waals surface area contributed by atoms with Crippen LogP contribution in [-0.2, 0) is 0 Å². The second-order valence-corrected chi connectivity index (χ2v) is 8.27. The van der Waals surface area contributed by atoms with Crippen molar-refractivity contribution < 1.29 is 9.90 Å². The normalized spacial score (nSPS) is 25.3. The number of fused-ring (bicyclic) bond motifs is 1. The van der Waals surface area contributed by atoms with E-state index >= 15 is 0 Å². The lowest BCUT2D eigenvalue weighted by molar-refractivity contribution is -0.0212. The molecule has 142 valence electrons. The second-order valence-electron chi connectivity index (χ2n) is 7.45. The Morgan fingerprint density at radius 3 is 2.93 bits per heavy atom. The van der Waals surface area contributed by atoms with Crippen LogP contribution in [0.4, 0.5) is 5.69 Å². The van der Waals surface area contributed by atoms with Gasteiger partial charge in [-0.1, -0.05) is 6.92 Å². The number of carbonyl (C=O) groups is 1. The first kappa shape index (κ1) is 18.2. The largest absolute Gasteiger partial charge is 0.377 e. The van der Waals surface area contributed by atoms with E-state index in [1.807, 2.05) is 4.90 Å². The molecule has 0 spiro atoms. The van der Waals surface area contributed by atoms with E-state index in [1.165, 1.54) is 6.20 Å². The van der Waals surface area contributed by atoms with Gasteiger partial charge >= 0.3 is 0 Å². The predicted molar refractivity (Wildman–Crippen MR) is 101 cm³/mol. The number of aliphatic hydroxyl groups excluding tert-OH is 1. The van der Waals surface area contributed by atoms with Crippen molar-refractivity contribution in [3.05, 3.63) is 22.6 Å². The van der Waals surface area contributed by atoms with Crippen LogP contribution in [0.1, 0.15) is 30.1 Å². The van der Waals surface area contributed by atoms with Gasteiger partial charge in [0.05, 0.1) is 35.1 Å². The summed E-state index contributed by atoms with van der Waals surface area (Å²) in [6, 6.07) is 2.23. The van der Waals surface area contributed by atoms with Gasteiger partial charge in [-0.2, -0.15) is 10.4 Å². The zero-order valence-electron chi connectivity index (χ0n) is 14.8. The number of primary amides is 1. The number of nitriles is 1. The minimum atomic E-state index is -0.773. The van der Waals surface area contributed by atoms with Crippen molar-refractivity contribution >= 4 is 33.2 Å². The number of imidazole rings is 1. The molecule has 2 aromatic rings. The van der Waals surface area contributed by atoms with Crippen LogP contribution in [0.5, 0.6) is 0 Å². The Kier molecular flexibility index (Phi) is 4.33. The molecule has 1 saturated carbocycles. The number of halogens is 1. The lowest BCUT2D eigenvalue weighted by atomic mass is 10.1. The fourth-order valence-corrected chi connectivity index (χ4v) is 4.09. The third-order valence-electron chi connectivity index (χ3n) is 5.55. The molecule has 1 saturated heterocycles. The Morgan fingerprint density at radius 2 is 2.30 bits per heavy atom. The molecule has 27 heavy (non-hydrogen) atoms. The maximum atomic E-state index is 11.9. The lowest BCUT2D eigenvalue weighted by Gasteiger charge is -2.26. The first-order valence-electron chi connectivity index (χ1n) is 8.78. The number of amides is 1. The number of hydrogen-bond acceptors (Lipinski definition) is 7. The van der Waals surface area contributed by atoms with Crippen LogP contribution in [0, 0.1) is 22.7 Å². The molecule has 3 atom stereocenters. The average Bonchev–Trinajstić information content (AvgIpc) is 3.21. The number of aliphatic hydroxyl groups is 1. The van der Waals surface area contributed by atoms with Crippen molar-refractivity contribution in [3.8, 4) is 6.07 Å². The fourth-order valence-electron chi connectivity index (χ4n) is 3.72. The van der Waals surface area contributed by atoms with E-state index in [-0.39, 0.29) is 17.5 Å². The first-order valence-corrected chi connectivity index (χ1v) is 9.57. The highest BCUT2D eigenvalue weighted by Gasteiger charge is 2.53. The van der Waals surface area contributed by atoms with Crippen LogP contribution in [0.15, 0.2) is 17.0 Å². The molecule has 2 aliphatic rings. The molecule has 1 aliphatic carbocycles. The fraction of sp³-hybridized carbons (Fsp3) is 0.529. The molecule has 1 amide bonds. The summed E-state index contributed by atoms with van der Waals surface area (Å²) < 4.78 is 2.17. The molecule has 0 radical (unpaired) electrons. The summed E-state index contributed by atoms with van der Waals surface area (Å²) in [4.78, 5) is 18.2. The van der Waals surface area contributed by atoms with E-state index in [2.05, 4.69) is 44.3 Å². The number of rotatable bonds is 5. The van der Waals surface area contributed by atoms with Crippen LogP contribution in [0.3, 0.4) is 0 Å². The molecule has 1 unspecified atom stereocenters. The number of nitrogens with one attached hydrogen (secondary N) is 1. The summed E-state index contributed by atoms with van der Waals surface area (Å²) >= 11 is 3.32. The summed E-state index contributed by atoms with van der Waals surface area (Å²) in [6.07, 6.45) is 3.81. The molecular formula is C17H20BrN7O2. The molecule has 4 N–H and O–H groups in total. The number of nitrogens with two attached hydrogens (primary N) is 1. The summed E-state index contributed by atoms with van der Waals surface area (Å²) in [5, 5.41) is 27.5. The standard InChI is InChI=1S/C17H20BrN7O2/c1-9-5-24(16(27)17(8-19)2-3-17)6-11(9)22-13-10(14(20)26)4-21-25-7-12(18)23-15(13)25/h4,7,9,11,16,22,27H,2-3,5-6H2,1H3,(H2,20,26)/t9-,11+,16?/m0/s1. The minimum absolute atomic E-state index is 0.0334. The molecule has 9 nitrogen and oxygen atoms in total. The molecular weight excluding hydrogens is 414 g/mol. The topological polar surface area (TPSA) is 133 Å². The summed E-state index contributed by atoms with van der Waals surface area (Å²) in [6.45, 7) is 3.29. The SMILES string of the molecule is C[C@H]1CN(C(O)C2(C#N)CC2)C[C@H]1Nc1c(C(N)=O)cnn2cc(Br)nc12. The minimum Gasteiger partial charge on any atom is -0.377 e. The molecule has 2 fully saturated rings.